The number of carboxylic acid groups (broad SMARTS) is 1. The Hall–Kier alpha value is -2.05. The summed E-state index contributed by atoms with van der Waals surface area (Å²) >= 11 is 0. The van der Waals surface area contributed by atoms with Gasteiger partial charge in [0.2, 0.25) is 0 Å². The highest BCUT2D eigenvalue weighted by Crippen LogP contribution is 2.39. The van der Waals surface area contributed by atoms with Crippen LogP contribution in [0.15, 0.2) is 30.5 Å². The Bertz CT molecular complexity index is 898. The highest BCUT2D eigenvalue weighted by atomic mass is 28.4. The van der Waals surface area contributed by atoms with Crippen molar-refractivity contribution in [2.45, 2.75) is 65.8 Å². The molecule has 0 aliphatic carbocycles. The number of carboxylic acids is 1. The predicted molar refractivity (Wildman–Crippen MR) is 117 cm³/mol. The topological polar surface area (TPSA) is 72.3 Å². The summed E-state index contributed by atoms with van der Waals surface area (Å²) in [5.74, 6) is -0.185. The molecule has 6 heteroatoms. The van der Waals surface area contributed by atoms with E-state index in [1.807, 2.05) is 37.4 Å². The van der Waals surface area contributed by atoms with Gasteiger partial charge in [0.1, 0.15) is 6.10 Å². The number of nitrogens with zero attached hydrogens (tertiary/aromatic N) is 2. The van der Waals surface area contributed by atoms with Crippen molar-refractivity contribution in [3.8, 4) is 0 Å². The summed E-state index contributed by atoms with van der Waals surface area (Å²) in [7, 11) is -1.92. The number of carbonyl (C=O) groups is 1. The third-order valence-corrected chi connectivity index (χ3v) is 10.1. The van der Waals surface area contributed by atoms with Crippen LogP contribution < -0.4 is 0 Å². The lowest BCUT2D eigenvalue weighted by Gasteiger charge is -2.38. The van der Waals surface area contributed by atoms with Gasteiger partial charge in [0, 0.05) is 11.6 Å². The highest BCUT2D eigenvalue weighted by molar-refractivity contribution is 6.74. The predicted octanol–water partition coefficient (Wildman–Crippen LogP) is 5.84. The fourth-order valence-electron chi connectivity index (χ4n) is 2.40. The lowest BCUT2D eigenvalue weighted by atomic mass is 9.92. The molecular formula is C22H32N2O3Si. The molecule has 0 bridgehead atoms. The van der Waals surface area contributed by atoms with Crippen LogP contribution in [0.1, 0.15) is 59.0 Å². The molecule has 1 atom stereocenters. The fourth-order valence-corrected chi connectivity index (χ4v) is 3.74. The molecule has 2 aromatic rings. The van der Waals surface area contributed by atoms with Gasteiger partial charge in [-0.3, -0.25) is 4.79 Å². The quantitative estimate of drug-likeness (QED) is 0.617. The average molecular weight is 401 g/mol. The molecule has 0 saturated carbocycles. The number of aromatic nitrogens is 2. The van der Waals surface area contributed by atoms with Crippen molar-refractivity contribution in [3.63, 3.8) is 0 Å². The van der Waals surface area contributed by atoms with Gasteiger partial charge in [-0.25, -0.2) is 9.97 Å². The summed E-state index contributed by atoms with van der Waals surface area (Å²) in [4.78, 5) is 20.5. The van der Waals surface area contributed by atoms with E-state index >= 15 is 0 Å². The Kier molecular flexibility index (Phi) is 6.16. The van der Waals surface area contributed by atoms with Crippen LogP contribution in [-0.4, -0.2) is 29.4 Å². The molecule has 28 heavy (non-hydrogen) atoms. The molecule has 152 valence electrons. The first-order chi connectivity index (χ1) is 12.7. The Labute approximate surface area is 169 Å². The smallest absolute Gasteiger partial charge is 0.312 e. The van der Waals surface area contributed by atoms with Gasteiger partial charge >= 0.3 is 5.97 Å². The minimum absolute atomic E-state index is 0.118. The van der Waals surface area contributed by atoms with E-state index in [4.69, 9.17) is 9.41 Å². The molecule has 1 aromatic carbocycles. The van der Waals surface area contributed by atoms with Crippen LogP contribution in [0.2, 0.25) is 18.1 Å². The summed E-state index contributed by atoms with van der Waals surface area (Å²) in [6.45, 7) is 16.4. The van der Waals surface area contributed by atoms with Gasteiger partial charge in [-0.05, 0) is 50.5 Å². The van der Waals surface area contributed by atoms with E-state index in [-0.39, 0.29) is 11.1 Å². The number of hydrogen-bond acceptors (Lipinski definition) is 4. The van der Waals surface area contributed by atoms with Crippen LogP contribution in [0, 0.1) is 5.41 Å². The fraction of sp³-hybridized carbons (Fsp3) is 0.500. The van der Waals surface area contributed by atoms with E-state index < -0.39 is 19.7 Å². The first-order valence-corrected chi connectivity index (χ1v) is 12.5. The number of fused-ring (bicyclic) bond motifs is 1. The lowest BCUT2D eigenvalue weighted by molar-refractivity contribution is -0.144. The molecule has 0 amide bonds. The lowest BCUT2D eigenvalue weighted by Crippen LogP contribution is -2.41. The molecule has 0 fully saturated rings. The second kappa shape index (κ2) is 7.76. The van der Waals surface area contributed by atoms with Gasteiger partial charge in [-0.2, -0.15) is 0 Å². The minimum Gasteiger partial charge on any atom is -0.481 e. The number of rotatable bonds is 6. The second-order valence-corrected chi connectivity index (χ2v) is 14.2. The van der Waals surface area contributed by atoms with Crippen molar-refractivity contribution < 1.29 is 14.3 Å². The van der Waals surface area contributed by atoms with Gasteiger partial charge < -0.3 is 9.53 Å². The van der Waals surface area contributed by atoms with Crippen molar-refractivity contribution in [2.24, 2.45) is 5.41 Å². The standard InChI is InChI=1S/C22H32N2O3Si/c1-15(27-28(7,8)21(2,3)4)19-23-14-17-10-9-16(13-18(17)24-19)11-12-22(5,6)20(25)26/h9-15H,1-8H3,(H,25,26). The van der Waals surface area contributed by atoms with Crippen LogP contribution in [-0.2, 0) is 9.22 Å². The molecule has 1 unspecified atom stereocenters. The summed E-state index contributed by atoms with van der Waals surface area (Å²) in [6, 6.07) is 5.84. The zero-order chi connectivity index (χ0) is 21.3. The Morgan fingerprint density at radius 2 is 1.86 bits per heavy atom. The average Bonchev–Trinajstić information content (AvgIpc) is 2.57. The van der Waals surface area contributed by atoms with Crippen molar-refractivity contribution in [3.05, 3.63) is 41.9 Å². The van der Waals surface area contributed by atoms with Crippen molar-refractivity contribution in [1.82, 2.24) is 9.97 Å². The number of benzene rings is 1. The molecule has 0 radical (unpaired) electrons. The zero-order valence-electron chi connectivity index (χ0n) is 18.2. The maximum atomic E-state index is 11.3. The number of aliphatic carboxylic acids is 1. The molecular weight excluding hydrogens is 368 g/mol. The van der Waals surface area contributed by atoms with Crippen LogP contribution in [0.4, 0.5) is 0 Å². The Balaban J connectivity index is 2.31. The van der Waals surface area contributed by atoms with Gasteiger partial charge in [0.15, 0.2) is 14.1 Å². The van der Waals surface area contributed by atoms with E-state index in [9.17, 15) is 9.90 Å². The van der Waals surface area contributed by atoms with Gasteiger partial charge in [-0.15, -0.1) is 0 Å². The van der Waals surface area contributed by atoms with E-state index in [0.717, 1.165) is 16.5 Å². The van der Waals surface area contributed by atoms with Crippen LogP contribution in [0.5, 0.6) is 0 Å². The largest absolute Gasteiger partial charge is 0.481 e. The minimum atomic E-state index is -1.92. The van der Waals surface area contributed by atoms with Gasteiger partial charge in [0.05, 0.1) is 10.9 Å². The summed E-state index contributed by atoms with van der Waals surface area (Å²) in [5.41, 5.74) is 0.813. The summed E-state index contributed by atoms with van der Waals surface area (Å²) in [6.07, 6.45) is 5.15. The van der Waals surface area contributed by atoms with Gasteiger partial charge in [-0.1, -0.05) is 45.1 Å². The maximum Gasteiger partial charge on any atom is 0.312 e. The SMILES string of the molecule is CC(O[Si](C)(C)C(C)(C)C)c1ncc2ccc(C=CC(C)(C)C(=O)O)cc2n1. The molecule has 0 aliphatic heterocycles. The molecule has 2 rings (SSSR count). The molecule has 0 aliphatic rings. The Morgan fingerprint density at radius 1 is 1.21 bits per heavy atom. The van der Waals surface area contributed by atoms with E-state index in [1.54, 1.807) is 19.9 Å². The van der Waals surface area contributed by atoms with Gasteiger partial charge in [0.25, 0.3) is 0 Å². The zero-order valence-corrected chi connectivity index (χ0v) is 19.2. The van der Waals surface area contributed by atoms with Crippen LogP contribution >= 0.6 is 0 Å². The maximum absolute atomic E-state index is 11.3. The molecule has 1 aromatic heterocycles. The van der Waals surface area contributed by atoms with Crippen molar-refractivity contribution >= 4 is 31.3 Å². The summed E-state index contributed by atoms with van der Waals surface area (Å²) < 4.78 is 6.42. The van der Waals surface area contributed by atoms with Crippen molar-refractivity contribution in [2.75, 3.05) is 0 Å². The normalized spacial score (nSPS) is 14.6. The number of hydrogen-bond donors (Lipinski definition) is 1. The molecule has 1 N–H and O–H groups in total. The highest BCUT2D eigenvalue weighted by Gasteiger charge is 2.39. The molecule has 1 heterocycles. The van der Waals surface area contributed by atoms with E-state index in [0.29, 0.717) is 5.82 Å². The van der Waals surface area contributed by atoms with E-state index in [1.165, 1.54) is 0 Å². The summed E-state index contributed by atoms with van der Waals surface area (Å²) in [5, 5.41) is 10.3. The molecule has 0 spiro atoms. The third-order valence-electron chi connectivity index (χ3n) is 5.51. The molecule has 0 saturated heterocycles. The monoisotopic (exact) mass is 400 g/mol. The first-order valence-electron chi connectivity index (χ1n) is 9.60. The van der Waals surface area contributed by atoms with Crippen LogP contribution in [0.3, 0.4) is 0 Å². The first kappa shape index (κ1) is 22.2. The Morgan fingerprint density at radius 3 is 2.43 bits per heavy atom. The van der Waals surface area contributed by atoms with Crippen molar-refractivity contribution in [1.29, 1.82) is 0 Å². The molecule has 5 nitrogen and oxygen atoms in total. The van der Waals surface area contributed by atoms with Crippen LogP contribution in [0.25, 0.3) is 17.0 Å². The van der Waals surface area contributed by atoms with E-state index in [2.05, 4.69) is 38.8 Å². The third kappa shape index (κ3) is 5.05. The second-order valence-electron chi connectivity index (χ2n) is 9.43.